The van der Waals surface area contributed by atoms with Gasteiger partial charge in [0.1, 0.15) is 5.82 Å². The van der Waals surface area contributed by atoms with E-state index in [1.807, 2.05) is 13.8 Å². The second kappa shape index (κ2) is 6.35. The van der Waals surface area contributed by atoms with Crippen LogP contribution in [-0.4, -0.2) is 19.0 Å². The highest BCUT2D eigenvalue weighted by Crippen LogP contribution is 2.17. The maximum atomic E-state index is 12.8. The zero-order valence-electron chi connectivity index (χ0n) is 10.3. The maximum Gasteiger partial charge on any atom is 0.227 e. The summed E-state index contributed by atoms with van der Waals surface area (Å²) in [6.45, 7) is 4.82. The highest BCUT2D eigenvalue weighted by molar-refractivity contribution is 5.93. The monoisotopic (exact) mass is 238 g/mol. The Hall–Kier alpha value is -1.42. The lowest BCUT2D eigenvalue weighted by atomic mass is 10.1. The average molecular weight is 238 g/mol. The number of rotatable bonds is 5. The molecule has 0 fully saturated rings. The number of anilines is 1. The van der Waals surface area contributed by atoms with Gasteiger partial charge in [-0.05, 0) is 30.2 Å². The quantitative estimate of drug-likeness (QED) is 0.854. The molecule has 1 amide bonds. The van der Waals surface area contributed by atoms with Crippen LogP contribution >= 0.6 is 0 Å². The number of nitrogens with two attached hydrogens (primary N) is 1. The number of halogens is 1. The number of benzene rings is 1. The van der Waals surface area contributed by atoms with Crippen LogP contribution in [0.2, 0.25) is 0 Å². The fraction of sp³-hybridized carbons (Fsp3) is 0.462. The van der Waals surface area contributed by atoms with Crippen LogP contribution in [0.1, 0.15) is 20.3 Å². The van der Waals surface area contributed by atoms with Crippen LogP contribution in [-0.2, 0) is 4.79 Å². The van der Waals surface area contributed by atoms with E-state index < -0.39 is 0 Å². The molecule has 0 aromatic heterocycles. The summed E-state index contributed by atoms with van der Waals surface area (Å²) in [5, 5.41) is 0. The topological polar surface area (TPSA) is 46.3 Å². The van der Waals surface area contributed by atoms with Crippen molar-refractivity contribution >= 4 is 11.6 Å². The summed E-state index contributed by atoms with van der Waals surface area (Å²) in [7, 11) is 0. The Labute approximate surface area is 101 Å². The molecule has 0 bridgehead atoms. The average Bonchev–Trinajstić information content (AvgIpc) is 2.26. The fourth-order valence-corrected chi connectivity index (χ4v) is 1.61. The van der Waals surface area contributed by atoms with Gasteiger partial charge in [0.2, 0.25) is 5.91 Å². The molecule has 94 valence electrons. The standard InChI is InChI=1S/C13H19FN2O/c1-10(2)9-13(17)16(8-7-15)12-5-3-11(14)4-6-12/h3-6,10H,7-9,15H2,1-2H3. The lowest BCUT2D eigenvalue weighted by molar-refractivity contribution is -0.119. The minimum Gasteiger partial charge on any atom is -0.329 e. The molecule has 4 heteroatoms. The Morgan fingerprint density at radius 2 is 1.94 bits per heavy atom. The number of nitrogens with zero attached hydrogens (tertiary/aromatic N) is 1. The van der Waals surface area contributed by atoms with E-state index in [1.54, 1.807) is 17.0 Å². The van der Waals surface area contributed by atoms with Gasteiger partial charge in [-0.3, -0.25) is 4.79 Å². The van der Waals surface area contributed by atoms with Crippen molar-refractivity contribution in [3.8, 4) is 0 Å². The Morgan fingerprint density at radius 3 is 2.41 bits per heavy atom. The number of carbonyl (C=O) groups excluding carboxylic acids is 1. The first kappa shape index (κ1) is 13.6. The van der Waals surface area contributed by atoms with Crippen LogP contribution in [0.15, 0.2) is 24.3 Å². The predicted octanol–water partition coefficient (Wildman–Crippen LogP) is 2.16. The van der Waals surface area contributed by atoms with Gasteiger partial charge in [0.05, 0.1) is 0 Å². The Balaban J connectivity index is 2.84. The molecule has 0 atom stereocenters. The lowest BCUT2D eigenvalue weighted by Crippen LogP contribution is -2.36. The smallest absolute Gasteiger partial charge is 0.227 e. The number of amides is 1. The molecule has 0 spiro atoms. The first-order valence-corrected chi connectivity index (χ1v) is 5.80. The van der Waals surface area contributed by atoms with Crippen molar-refractivity contribution < 1.29 is 9.18 Å². The van der Waals surface area contributed by atoms with Gasteiger partial charge in [0, 0.05) is 25.2 Å². The molecule has 3 nitrogen and oxygen atoms in total. The van der Waals surface area contributed by atoms with Gasteiger partial charge in [-0.15, -0.1) is 0 Å². The Bertz CT molecular complexity index is 362. The molecule has 0 aliphatic rings. The normalized spacial score (nSPS) is 10.6. The summed E-state index contributed by atoms with van der Waals surface area (Å²) < 4.78 is 12.8. The number of carbonyl (C=O) groups is 1. The molecule has 0 unspecified atom stereocenters. The molecule has 1 aromatic rings. The van der Waals surface area contributed by atoms with E-state index in [2.05, 4.69) is 0 Å². The molecule has 0 heterocycles. The second-order valence-electron chi connectivity index (χ2n) is 4.41. The summed E-state index contributed by atoms with van der Waals surface area (Å²) in [6.07, 6.45) is 0.470. The van der Waals surface area contributed by atoms with Crippen LogP contribution < -0.4 is 10.6 Å². The summed E-state index contributed by atoms with van der Waals surface area (Å²) in [5.74, 6) is 0.0121. The van der Waals surface area contributed by atoms with Crippen LogP contribution in [0, 0.1) is 11.7 Å². The van der Waals surface area contributed by atoms with Gasteiger partial charge >= 0.3 is 0 Å². The molecule has 0 radical (unpaired) electrons. The Morgan fingerprint density at radius 1 is 1.35 bits per heavy atom. The van der Waals surface area contributed by atoms with Crippen LogP contribution in [0.5, 0.6) is 0 Å². The third-order valence-electron chi connectivity index (χ3n) is 2.37. The number of hydrogen-bond acceptors (Lipinski definition) is 2. The van der Waals surface area contributed by atoms with Crippen molar-refractivity contribution in [1.82, 2.24) is 0 Å². The van der Waals surface area contributed by atoms with Crippen molar-refractivity contribution in [1.29, 1.82) is 0 Å². The summed E-state index contributed by atoms with van der Waals surface area (Å²) in [4.78, 5) is 13.6. The molecule has 0 aliphatic carbocycles. The SMILES string of the molecule is CC(C)CC(=O)N(CCN)c1ccc(F)cc1. The van der Waals surface area contributed by atoms with Crippen LogP contribution in [0.25, 0.3) is 0 Å². The third kappa shape index (κ3) is 4.15. The van der Waals surface area contributed by atoms with Crippen LogP contribution in [0.3, 0.4) is 0 Å². The van der Waals surface area contributed by atoms with E-state index >= 15 is 0 Å². The summed E-state index contributed by atoms with van der Waals surface area (Å²) >= 11 is 0. The third-order valence-corrected chi connectivity index (χ3v) is 2.37. The molecule has 2 N–H and O–H groups in total. The van der Waals surface area contributed by atoms with Gasteiger partial charge in [0.25, 0.3) is 0 Å². The van der Waals surface area contributed by atoms with E-state index in [1.165, 1.54) is 12.1 Å². The zero-order chi connectivity index (χ0) is 12.8. The molecule has 1 aromatic carbocycles. The highest BCUT2D eigenvalue weighted by atomic mass is 19.1. The summed E-state index contributed by atoms with van der Waals surface area (Å²) in [5.41, 5.74) is 6.19. The minimum atomic E-state index is -0.308. The van der Waals surface area contributed by atoms with Gasteiger partial charge in [-0.2, -0.15) is 0 Å². The molecular formula is C13H19FN2O. The fourth-order valence-electron chi connectivity index (χ4n) is 1.61. The Kier molecular flexibility index (Phi) is 5.10. The molecule has 0 aliphatic heterocycles. The summed E-state index contributed by atoms with van der Waals surface area (Å²) in [6, 6.07) is 5.90. The van der Waals surface area contributed by atoms with E-state index in [4.69, 9.17) is 5.73 Å². The van der Waals surface area contributed by atoms with Gasteiger partial charge in [0.15, 0.2) is 0 Å². The first-order chi connectivity index (χ1) is 8.04. The first-order valence-electron chi connectivity index (χ1n) is 5.80. The maximum absolute atomic E-state index is 12.8. The molecule has 1 rings (SSSR count). The lowest BCUT2D eigenvalue weighted by Gasteiger charge is -2.23. The van der Waals surface area contributed by atoms with Crippen molar-refractivity contribution in [2.45, 2.75) is 20.3 Å². The van der Waals surface area contributed by atoms with E-state index in [9.17, 15) is 9.18 Å². The van der Waals surface area contributed by atoms with Crippen molar-refractivity contribution in [3.63, 3.8) is 0 Å². The largest absolute Gasteiger partial charge is 0.329 e. The van der Waals surface area contributed by atoms with Gasteiger partial charge < -0.3 is 10.6 Å². The zero-order valence-corrected chi connectivity index (χ0v) is 10.3. The van der Waals surface area contributed by atoms with Crippen molar-refractivity contribution in [3.05, 3.63) is 30.1 Å². The van der Waals surface area contributed by atoms with Crippen molar-refractivity contribution in [2.75, 3.05) is 18.0 Å². The van der Waals surface area contributed by atoms with E-state index in [0.717, 1.165) is 0 Å². The minimum absolute atomic E-state index is 0.0251. The van der Waals surface area contributed by atoms with Crippen LogP contribution in [0.4, 0.5) is 10.1 Å². The number of hydrogen-bond donors (Lipinski definition) is 1. The molecule has 17 heavy (non-hydrogen) atoms. The molecular weight excluding hydrogens is 219 g/mol. The van der Waals surface area contributed by atoms with E-state index in [-0.39, 0.29) is 11.7 Å². The van der Waals surface area contributed by atoms with Gasteiger partial charge in [-0.25, -0.2) is 4.39 Å². The predicted molar refractivity (Wildman–Crippen MR) is 67.3 cm³/mol. The molecule has 0 saturated carbocycles. The highest BCUT2D eigenvalue weighted by Gasteiger charge is 2.15. The van der Waals surface area contributed by atoms with E-state index in [0.29, 0.717) is 31.1 Å². The second-order valence-corrected chi connectivity index (χ2v) is 4.41. The van der Waals surface area contributed by atoms with Crippen molar-refractivity contribution in [2.24, 2.45) is 11.7 Å². The molecule has 0 saturated heterocycles. The van der Waals surface area contributed by atoms with Gasteiger partial charge in [-0.1, -0.05) is 13.8 Å².